The summed E-state index contributed by atoms with van der Waals surface area (Å²) in [6.07, 6.45) is 3.59. The molecule has 1 aromatic heterocycles. The molecule has 1 aliphatic heterocycles. The Labute approximate surface area is 112 Å². The van der Waals surface area contributed by atoms with Crippen molar-refractivity contribution in [2.24, 2.45) is 0 Å². The third-order valence-corrected chi connectivity index (χ3v) is 4.37. The van der Waals surface area contributed by atoms with Gasteiger partial charge in [-0.1, -0.05) is 31.9 Å². The molecule has 1 unspecified atom stereocenters. The van der Waals surface area contributed by atoms with E-state index in [2.05, 4.69) is 28.7 Å². The van der Waals surface area contributed by atoms with Crippen LogP contribution in [0.15, 0.2) is 6.33 Å². The molecule has 5 heteroatoms. The topological polar surface area (TPSA) is 29.0 Å². The molecule has 17 heavy (non-hydrogen) atoms. The molecule has 1 aliphatic rings. The lowest BCUT2D eigenvalue weighted by molar-refractivity contribution is 0.755. The van der Waals surface area contributed by atoms with E-state index in [0.29, 0.717) is 10.4 Å². The van der Waals surface area contributed by atoms with Crippen LogP contribution in [0.3, 0.4) is 0 Å². The maximum atomic E-state index is 6.18. The molecule has 0 saturated carbocycles. The average molecular weight is 272 g/mol. The zero-order valence-corrected chi connectivity index (χ0v) is 11.9. The molecule has 1 atom stereocenters. The molecule has 0 N–H and O–H groups in total. The summed E-state index contributed by atoms with van der Waals surface area (Å²) < 4.78 is 0. The van der Waals surface area contributed by atoms with Gasteiger partial charge in [0.1, 0.15) is 17.3 Å². The van der Waals surface area contributed by atoms with Crippen LogP contribution in [-0.2, 0) is 6.42 Å². The van der Waals surface area contributed by atoms with E-state index in [1.54, 1.807) is 6.33 Å². The van der Waals surface area contributed by atoms with Gasteiger partial charge < -0.3 is 4.90 Å². The molecule has 0 amide bonds. The van der Waals surface area contributed by atoms with E-state index < -0.39 is 0 Å². The highest BCUT2D eigenvalue weighted by atomic mass is 35.5. The number of hydrogen-bond acceptors (Lipinski definition) is 4. The maximum absolute atomic E-state index is 6.18. The number of thioether (sulfide) groups is 1. The van der Waals surface area contributed by atoms with Gasteiger partial charge in [0.05, 0.1) is 0 Å². The van der Waals surface area contributed by atoms with Gasteiger partial charge in [-0.15, -0.1) is 0 Å². The predicted molar refractivity (Wildman–Crippen MR) is 75.2 cm³/mol. The molecular weight excluding hydrogens is 254 g/mol. The molecule has 94 valence electrons. The maximum Gasteiger partial charge on any atom is 0.137 e. The molecule has 2 rings (SSSR count). The minimum absolute atomic E-state index is 0.614. The zero-order valence-electron chi connectivity index (χ0n) is 10.3. The van der Waals surface area contributed by atoms with E-state index in [4.69, 9.17) is 11.6 Å². The van der Waals surface area contributed by atoms with Gasteiger partial charge in [0.15, 0.2) is 0 Å². The van der Waals surface area contributed by atoms with Gasteiger partial charge in [0.2, 0.25) is 0 Å². The Kier molecular flexibility index (Phi) is 4.51. The standard InChI is InChI=1S/C12H18ClN3S/c1-3-4-10-11(13)14-8-15-12(10)16-5-6-17-9(2)7-16/h8-9H,3-7H2,1-2H3. The molecule has 1 saturated heterocycles. The van der Waals surface area contributed by atoms with Gasteiger partial charge in [0, 0.05) is 29.7 Å². The van der Waals surface area contributed by atoms with Gasteiger partial charge in [-0.3, -0.25) is 0 Å². The minimum Gasteiger partial charge on any atom is -0.354 e. The van der Waals surface area contributed by atoms with Crippen LogP contribution in [0.25, 0.3) is 0 Å². The van der Waals surface area contributed by atoms with Crippen LogP contribution in [0.2, 0.25) is 5.15 Å². The molecule has 0 aliphatic carbocycles. The number of halogens is 1. The third-order valence-electron chi connectivity index (χ3n) is 2.91. The summed E-state index contributed by atoms with van der Waals surface area (Å²) in [5.41, 5.74) is 1.11. The Bertz CT molecular complexity index is 386. The molecule has 1 fully saturated rings. The average Bonchev–Trinajstić information content (AvgIpc) is 2.32. The SMILES string of the molecule is CCCc1c(Cl)ncnc1N1CCSC(C)C1. The Hall–Kier alpha value is -0.480. The zero-order chi connectivity index (χ0) is 12.3. The van der Waals surface area contributed by atoms with E-state index in [1.807, 2.05) is 11.8 Å². The number of anilines is 1. The fourth-order valence-corrected chi connectivity index (χ4v) is 3.37. The molecule has 2 heterocycles. The minimum atomic E-state index is 0.614. The lowest BCUT2D eigenvalue weighted by Gasteiger charge is -2.32. The summed E-state index contributed by atoms with van der Waals surface area (Å²) in [6.45, 7) is 6.52. The smallest absolute Gasteiger partial charge is 0.137 e. The number of aromatic nitrogens is 2. The Balaban J connectivity index is 2.27. The van der Waals surface area contributed by atoms with Crippen molar-refractivity contribution in [1.82, 2.24) is 9.97 Å². The molecule has 0 spiro atoms. The predicted octanol–water partition coefficient (Wildman–Crippen LogP) is 3.02. The van der Waals surface area contributed by atoms with Crippen molar-refractivity contribution >= 4 is 29.2 Å². The van der Waals surface area contributed by atoms with E-state index in [-0.39, 0.29) is 0 Å². The first-order valence-corrected chi connectivity index (χ1v) is 7.51. The largest absolute Gasteiger partial charge is 0.354 e. The van der Waals surface area contributed by atoms with Crippen LogP contribution >= 0.6 is 23.4 Å². The van der Waals surface area contributed by atoms with Crippen molar-refractivity contribution in [2.75, 3.05) is 23.7 Å². The number of nitrogens with zero attached hydrogens (tertiary/aromatic N) is 3. The van der Waals surface area contributed by atoms with Gasteiger partial charge in [-0.05, 0) is 6.42 Å². The Morgan fingerprint density at radius 3 is 3.06 bits per heavy atom. The van der Waals surface area contributed by atoms with Crippen molar-refractivity contribution in [3.8, 4) is 0 Å². The van der Waals surface area contributed by atoms with Gasteiger partial charge in [-0.2, -0.15) is 11.8 Å². The highest BCUT2D eigenvalue weighted by Gasteiger charge is 2.21. The normalized spacial score (nSPS) is 20.6. The quantitative estimate of drug-likeness (QED) is 0.791. The van der Waals surface area contributed by atoms with Crippen LogP contribution in [0.4, 0.5) is 5.82 Å². The van der Waals surface area contributed by atoms with Crippen LogP contribution in [0.5, 0.6) is 0 Å². The lowest BCUT2D eigenvalue weighted by atomic mass is 10.1. The van der Waals surface area contributed by atoms with Crippen molar-refractivity contribution in [2.45, 2.75) is 31.9 Å². The van der Waals surface area contributed by atoms with E-state index >= 15 is 0 Å². The highest BCUT2D eigenvalue weighted by molar-refractivity contribution is 8.00. The highest BCUT2D eigenvalue weighted by Crippen LogP contribution is 2.28. The second-order valence-electron chi connectivity index (χ2n) is 4.34. The molecule has 1 aromatic rings. The Morgan fingerprint density at radius 1 is 1.53 bits per heavy atom. The van der Waals surface area contributed by atoms with Crippen molar-refractivity contribution < 1.29 is 0 Å². The molecule has 0 bridgehead atoms. The van der Waals surface area contributed by atoms with Crippen molar-refractivity contribution in [3.05, 3.63) is 17.0 Å². The molecule has 0 aromatic carbocycles. The summed E-state index contributed by atoms with van der Waals surface area (Å²) in [4.78, 5) is 10.9. The fourth-order valence-electron chi connectivity index (χ4n) is 2.13. The number of rotatable bonds is 3. The first-order chi connectivity index (χ1) is 8.22. The van der Waals surface area contributed by atoms with Gasteiger partial charge in [0.25, 0.3) is 0 Å². The lowest BCUT2D eigenvalue weighted by Crippen LogP contribution is -2.37. The summed E-state index contributed by atoms with van der Waals surface area (Å²) >= 11 is 8.20. The fraction of sp³-hybridized carbons (Fsp3) is 0.667. The molecule has 3 nitrogen and oxygen atoms in total. The van der Waals surface area contributed by atoms with Gasteiger partial charge in [-0.25, -0.2) is 9.97 Å². The molecule has 0 radical (unpaired) electrons. The first kappa shape index (κ1) is 13.0. The van der Waals surface area contributed by atoms with Gasteiger partial charge >= 0.3 is 0 Å². The van der Waals surface area contributed by atoms with E-state index in [1.165, 1.54) is 0 Å². The summed E-state index contributed by atoms with van der Waals surface area (Å²) in [6, 6.07) is 0. The summed E-state index contributed by atoms with van der Waals surface area (Å²) in [7, 11) is 0. The van der Waals surface area contributed by atoms with Crippen LogP contribution in [-0.4, -0.2) is 34.1 Å². The van der Waals surface area contributed by atoms with Crippen LogP contribution in [0, 0.1) is 0 Å². The monoisotopic (exact) mass is 271 g/mol. The third kappa shape index (κ3) is 3.05. The number of hydrogen-bond donors (Lipinski definition) is 0. The van der Waals surface area contributed by atoms with Crippen molar-refractivity contribution in [1.29, 1.82) is 0 Å². The van der Waals surface area contributed by atoms with Crippen LogP contribution < -0.4 is 4.90 Å². The second-order valence-corrected chi connectivity index (χ2v) is 6.25. The summed E-state index contributed by atoms with van der Waals surface area (Å²) in [5, 5.41) is 1.27. The van der Waals surface area contributed by atoms with E-state index in [9.17, 15) is 0 Å². The molecular formula is C12H18ClN3S. The van der Waals surface area contributed by atoms with Crippen LogP contribution in [0.1, 0.15) is 25.8 Å². The first-order valence-electron chi connectivity index (χ1n) is 6.08. The Morgan fingerprint density at radius 2 is 2.35 bits per heavy atom. The summed E-state index contributed by atoms with van der Waals surface area (Å²) in [5.74, 6) is 2.20. The second kappa shape index (κ2) is 5.91. The van der Waals surface area contributed by atoms with Crippen molar-refractivity contribution in [3.63, 3.8) is 0 Å². The van der Waals surface area contributed by atoms with E-state index in [0.717, 1.165) is 43.1 Å².